The van der Waals surface area contributed by atoms with Gasteiger partial charge in [-0.3, -0.25) is 0 Å². The molecule has 0 unspecified atom stereocenters. The van der Waals surface area contributed by atoms with Crippen molar-refractivity contribution >= 4 is 28.0 Å². The van der Waals surface area contributed by atoms with Crippen LogP contribution in [0.1, 0.15) is 22.3 Å². The SMILES string of the molecule is COC(=O)C(C#N)=Cc1cc(C)cc(COc2ccc(Br)cc2)c1C. The first kappa shape index (κ1) is 18.8. The summed E-state index contributed by atoms with van der Waals surface area (Å²) in [6.07, 6.45) is 1.55. The van der Waals surface area contributed by atoms with Crippen LogP contribution in [-0.4, -0.2) is 13.1 Å². The van der Waals surface area contributed by atoms with Crippen LogP contribution in [0.4, 0.5) is 0 Å². The second kappa shape index (κ2) is 8.50. The Morgan fingerprint density at radius 3 is 2.52 bits per heavy atom. The lowest BCUT2D eigenvalue weighted by atomic mass is 9.98. The molecule has 2 aromatic rings. The number of nitrogens with zero attached hydrogens (tertiary/aromatic N) is 1. The van der Waals surface area contributed by atoms with Gasteiger partial charge < -0.3 is 9.47 Å². The zero-order valence-corrected chi connectivity index (χ0v) is 15.9. The second-order valence-electron chi connectivity index (χ2n) is 5.54. The minimum atomic E-state index is -0.643. The minimum absolute atomic E-state index is 0.0315. The summed E-state index contributed by atoms with van der Waals surface area (Å²) in [5, 5.41) is 9.15. The molecular formula is C20H18BrNO3. The predicted octanol–water partition coefficient (Wildman–Crippen LogP) is 4.72. The van der Waals surface area contributed by atoms with Gasteiger partial charge >= 0.3 is 5.97 Å². The predicted molar refractivity (Wildman–Crippen MR) is 100.0 cm³/mol. The van der Waals surface area contributed by atoms with Crippen LogP contribution in [0.2, 0.25) is 0 Å². The molecule has 2 rings (SSSR count). The van der Waals surface area contributed by atoms with Crippen LogP contribution >= 0.6 is 15.9 Å². The van der Waals surface area contributed by atoms with E-state index in [1.807, 2.05) is 56.3 Å². The fourth-order valence-electron chi connectivity index (χ4n) is 2.36. The van der Waals surface area contributed by atoms with Crippen LogP contribution in [0.5, 0.6) is 5.75 Å². The number of methoxy groups -OCH3 is 1. The Morgan fingerprint density at radius 2 is 1.92 bits per heavy atom. The second-order valence-corrected chi connectivity index (χ2v) is 6.46. The third-order valence-electron chi connectivity index (χ3n) is 3.73. The van der Waals surface area contributed by atoms with E-state index in [9.17, 15) is 4.79 Å². The summed E-state index contributed by atoms with van der Waals surface area (Å²) >= 11 is 3.39. The van der Waals surface area contributed by atoms with Crippen molar-refractivity contribution in [3.63, 3.8) is 0 Å². The van der Waals surface area contributed by atoms with Gasteiger partial charge in [0.05, 0.1) is 7.11 Å². The van der Waals surface area contributed by atoms with E-state index < -0.39 is 5.97 Å². The Hall–Kier alpha value is -2.58. The molecule has 25 heavy (non-hydrogen) atoms. The fourth-order valence-corrected chi connectivity index (χ4v) is 2.62. The molecule has 0 radical (unpaired) electrons. The average molecular weight is 400 g/mol. The third-order valence-corrected chi connectivity index (χ3v) is 4.26. The van der Waals surface area contributed by atoms with Crippen molar-refractivity contribution in [3.05, 3.63) is 68.7 Å². The van der Waals surface area contributed by atoms with Gasteiger partial charge in [0.15, 0.2) is 0 Å². The number of hydrogen-bond acceptors (Lipinski definition) is 4. The smallest absolute Gasteiger partial charge is 0.348 e. The molecule has 128 valence electrons. The van der Waals surface area contributed by atoms with Crippen molar-refractivity contribution in [3.8, 4) is 11.8 Å². The first-order chi connectivity index (χ1) is 11.9. The number of nitriles is 1. The lowest BCUT2D eigenvalue weighted by molar-refractivity contribution is -0.135. The van der Waals surface area contributed by atoms with Crippen LogP contribution in [0, 0.1) is 25.2 Å². The summed E-state index contributed by atoms with van der Waals surface area (Å²) in [7, 11) is 1.26. The molecular weight excluding hydrogens is 382 g/mol. The highest BCUT2D eigenvalue weighted by Gasteiger charge is 2.11. The van der Waals surface area contributed by atoms with Gasteiger partial charge in [0.25, 0.3) is 0 Å². The van der Waals surface area contributed by atoms with E-state index in [1.165, 1.54) is 7.11 Å². The Labute approximate surface area is 155 Å². The maximum absolute atomic E-state index is 11.6. The van der Waals surface area contributed by atoms with Crippen LogP contribution in [-0.2, 0) is 16.1 Å². The van der Waals surface area contributed by atoms with Gasteiger partial charge in [-0.05, 0) is 60.9 Å². The Balaban J connectivity index is 2.30. The van der Waals surface area contributed by atoms with E-state index in [1.54, 1.807) is 6.08 Å². The molecule has 0 atom stereocenters. The lowest BCUT2D eigenvalue weighted by Gasteiger charge is -2.13. The monoisotopic (exact) mass is 399 g/mol. The van der Waals surface area contributed by atoms with Crippen LogP contribution in [0.15, 0.2) is 46.4 Å². The molecule has 0 heterocycles. The van der Waals surface area contributed by atoms with Crippen molar-refractivity contribution < 1.29 is 14.3 Å². The van der Waals surface area contributed by atoms with Gasteiger partial charge in [-0.15, -0.1) is 0 Å². The number of benzene rings is 2. The van der Waals surface area contributed by atoms with Gasteiger partial charge in [-0.1, -0.05) is 33.6 Å². The molecule has 0 saturated carbocycles. The van der Waals surface area contributed by atoms with E-state index in [4.69, 9.17) is 10.00 Å². The van der Waals surface area contributed by atoms with Gasteiger partial charge in [0.2, 0.25) is 0 Å². The zero-order valence-electron chi connectivity index (χ0n) is 14.3. The Kier molecular flexibility index (Phi) is 6.37. The molecule has 0 spiro atoms. The van der Waals surface area contributed by atoms with E-state index in [2.05, 4.69) is 20.7 Å². The summed E-state index contributed by atoms with van der Waals surface area (Å²) in [6, 6.07) is 13.5. The number of hydrogen-bond donors (Lipinski definition) is 0. The van der Waals surface area contributed by atoms with Crippen molar-refractivity contribution in [2.24, 2.45) is 0 Å². The van der Waals surface area contributed by atoms with Crippen LogP contribution in [0.3, 0.4) is 0 Å². The topological polar surface area (TPSA) is 59.3 Å². The average Bonchev–Trinajstić information content (AvgIpc) is 2.61. The number of rotatable bonds is 5. The van der Waals surface area contributed by atoms with Gasteiger partial charge in [-0.2, -0.15) is 5.26 Å². The molecule has 4 nitrogen and oxygen atoms in total. The summed E-state index contributed by atoms with van der Waals surface area (Å²) < 4.78 is 11.5. The van der Waals surface area contributed by atoms with Crippen molar-refractivity contribution in [2.45, 2.75) is 20.5 Å². The quantitative estimate of drug-likeness (QED) is 0.414. The first-order valence-electron chi connectivity index (χ1n) is 7.63. The molecule has 2 aromatic carbocycles. The number of carbonyl (C=O) groups is 1. The van der Waals surface area contributed by atoms with Crippen molar-refractivity contribution in [2.75, 3.05) is 7.11 Å². The minimum Gasteiger partial charge on any atom is -0.489 e. The first-order valence-corrected chi connectivity index (χ1v) is 8.42. The largest absolute Gasteiger partial charge is 0.489 e. The van der Waals surface area contributed by atoms with E-state index in [0.29, 0.717) is 6.61 Å². The number of aryl methyl sites for hydroxylation is 1. The molecule has 5 heteroatoms. The van der Waals surface area contributed by atoms with Crippen molar-refractivity contribution in [1.82, 2.24) is 0 Å². The highest BCUT2D eigenvalue weighted by atomic mass is 79.9. The number of carbonyl (C=O) groups excluding carboxylic acids is 1. The summed E-state index contributed by atoms with van der Waals surface area (Å²) in [5.74, 6) is 0.129. The molecule has 0 saturated heterocycles. The molecule has 0 aliphatic heterocycles. The summed E-state index contributed by atoms with van der Waals surface area (Å²) in [6.45, 7) is 4.30. The van der Waals surface area contributed by atoms with E-state index in [0.717, 1.165) is 32.5 Å². The molecule has 0 aliphatic rings. The van der Waals surface area contributed by atoms with Gasteiger partial charge in [0.1, 0.15) is 24.0 Å². The van der Waals surface area contributed by atoms with Crippen LogP contribution in [0.25, 0.3) is 6.08 Å². The number of halogens is 1. The number of esters is 1. The maximum Gasteiger partial charge on any atom is 0.348 e. The van der Waals surface area contributed by atoms with E-state index >= 15 is 0 Å². The molecule has 0 bridgehead atoms. The summed E-state index contributed by atoms with van der Waals surface area (Å²) in [4.78, 5) is 11.6. The lowest BCUT2D eigenvalue weighted by Crippen LogP contribution is -2.04. The normalized spacial score (nSPS) is 10.9. The highest BCUT2D eigenvalue weighted by Crippen LogP contribution is 2.23. The highest BCUT2D eigenvalue weighted by molar-refractivity contribution is 9.10. The molecule has 0 aliphatic carbocycles. The van der Waals surface area contributed by atoms with Gasteiger partial charge in [-0.25, -0.2) is 4.79 Å². The van der Waals surface area contributed by atoms with Crippen LogP contribution < -0.4 is 4.74 Å². The van der Waals surface area contributed by atoms with E-state index in [-0.39, 0.29) is 5.57 Å². The maximum atomic E-state index is 11.6. The fraction of sp³-hybridized carbons (Fsp3) is 0.200. The Morgan fingerprint density at radius 1 is 1.24 bits per heavy atom. The zero-order chi connectivity index (χ0) is 18.4. The number of ether oxygens (including phenoxy) is 2. The van der Waals surface area contributed by atoms with Gasteiger partial charge in [0, 0.05) is 4.47 Å². The standard InChI is InChI=1S/C20H18BrNO3/c1-13-8-15(10-16(11-22)20(23)24-3)14(2)17(9-13)12-25-19-6-4-18(21)5-7-19/h4-10H,12H2,1-3H3. The Bertz CT molecular complexity index is 848. The molecule has 0 N–H and O–H groups in total. The molecule has 0 fully saturated rings. The molecule has 0 aromatic heterocycles. The molecule has 0 amide bonds. The third kappa shape index (κ3) is 4.94. The van der Waals surface area contributed by atoms with Crippen molar-refractivity contribution in [1.29, 1.82) is 5.26 Å². The summed E-state index contributed by atoms with van der Waals surface area (Å²) in [5.41, 5.74) is 3.75.